The lowest BCUT2D eigenvalue weighted by atomic mass is 10.1. The molecule has 3 N–H and O–H groups in total. The molecule has 0 spiro atoms. The van der Waals surface area contributed by atoms with Crippen LogP contribution in [0, 0.1) is 0 Å². The minimum atomic E-state index is -0.647. The molecular weight excluding hydrogens is 232 g/mol. The molecule has 5 heteroatoms. The fourth-order valence-corrected chi connectivity index (χ4v) is 1.49. The zero-order valence-electron chi connectivity index (χ0n) is 10.4. The molecule has 1 rings (SSSR count). The highest BCUT2D eigenvalue weighted by Gasteiger charge is 2.20. The molecule has 0 bridgehead atoms. The van der Waals surface area contributed by atoms with E-state index in [2.05, 4.69) is 5.32 Å². The number of hydrogen-bond acceptors (Lipinski definition) is 4. The van der Waals surface area contributed by atoms with Gasteiger partial charge in [0.1, 0.15) is 11.8 Å². The highest BCUT2D eigenvalue weighted by Crippen LogP contribution is 2.10. The summed E-state index contributed by atoms with van der Waals surface area (Å²) < 4.78 is 5.18. The molecule has 0 unspecified atom stereocenters. The first-order chi connectivity index (χ1) is 8.63. The Labute approximate surface area is 106 Å². The number of carbonyl (C=O) groups excluding carboxylic acids is 2. The summed E-state index contributed by atoms with van der Waals surface area (Å²) in [5, 5.41) is 2.57. The van der Waals surface area contributed by atoms with Crippen LogP contribution in [0.2, 0.25) is 0 Å². The van der Waals surface area contributed by atoms with E-state index >= 15 is 0 Å². The third-order valence-electron chi connectivity index (χ3n) is 2.32. The van der Waals surface area contributed by atoms with E-state index in [4.69, 9.17) is 10.5 Å². The van der Waals surface area contributed by atoms with Crippen molar-refractivity contribution in [2.24, 2.45) is 5.73 Å². The van der Waals surface area contributed by atoms with Crippen LogP contribution >= 0.6 is 0 Å². The van der Waals surface area contributed by atoms with Crippen LogP contribution in [-0.4, -0.2) is 24.5 Å². The smallest absolute Gasteiger partial charge is 0.334 e. The highest BCUT2D eigenvalue weighted by molar-refractivity contribution is 5.84. The van der Waals surface area contributed by atoms with Crippen molar-refractivity contribution >= 4 is 11.9 Å². The fourth-order valence-electron chi connectivity index (χ4n) is 1.49. The molecule has 0 aliphatic rings. The molecule has 0 aliphatic carbocycles. The Morgan fingerprint density at radius 1 is 1.33 bits per heavy atom. The van der Waals surface area contributed by atoms with Crippen molar-refractivity contribution in [2.45, 2.75) is 25.8 Å². The van der Waals surface area contributed by atoms with Crippen LogP contribution in [0.15, 0.2) is 30.3 Å². The van der Waals surface area contributed by atoms with Crippen LogP contribution in [0.25, 0.3) is 0 Å². The summed E-state index contributed by atoms with van der Waals surface area (Å²) in [6.07, 6.45) is 1.12. The summed E-state index contributed by atoms with van der Waals surface area (Å²) in [4.78, 5) is 22.9. The van der Waals surface area contributed by atoms with Gasteiger partial charge in [-0.1, -0.05) is 18.2 Å². The van der Waals surface area contributed by atoms with Crippen molar-refractivity contribution in [2.75, 3.05) is 6.54 Å². The molecule has 1 atom stereocenters. The van der Waals surface area contributed by atoms with Gasteiger partial charge in [0.05, 0.1) is 0 Å². The Kier molecular flexibility index (Phi) is 5.87. The molecule has 18 heavy (non-hydrogen) atoms. The Morgan fingerprint density at radius 3 is 2.56 bits per heavy atom. The number of carbonyl (C=O) groups is 2. The van der Waals surface area contributed by atoms with Gasteiger partial charge in [0.15, 0.2) is 0 Å². The monoisotopic (exact) mass is 250 g/mol. The van der Waals surface area contributed by atoms with Crippen molar-refractivity contribution in [3.63, 3.8) is 0 Å². The fraction of sp³-hybridized carbons (Fsp3) is 0.385. The SMILES string of the molecule is CC(=O)N[C@H](CCCN)C(=O)Oc1ccccc1. The van der Waals surface area contributed by atoms with Crippen molar-refractivity contribution in [1.82, 2.24) is 5.32 Å². The van der Waals surface area contributed by atoms with E-state index in [0.717, 1.165) is 0 Å². The van der Waals surface area contributed by atoms with Crippen LogP contribution < -0.4 is 15.8 Å². The predicted octanol–water partition coefficient (Wildman–Crippen LogP) is 0.836. The number of ether oxygens (including phenoxy) is 1. The van der Waals surface area contributed by atoms with Crippen molar-refractivity contribution in [3.05, 3.63) is 30.3 Å². The number of nitrogens with one attached hydrogen (secondary N) is 1. The Bertz CT molecular complexity index is 392. The number of nitrogens with two attached hydrogens (primary N) is 1. The maximum absolute atomic E-state index is 11.9. The minimum absolute atomic E-state index is 0.262. The van der Waals surface area contributed by atoms with Crippen LogP contribution in [-0.2, 0) is 9.59 Å². The average molecular weight is 250 g/mol. The van der Waals surface area contributed by atoms with E-state index in [-0.39, 0.29) is 5.91 Å². The second-order valence-corrected chi connectivity index (χ2v) is 3.92. The number of esters is 1. The Balaban J connectivity index is 2.60. The number of para-hydroxylation sites is 1. The van der Waals surface area contributed by atoms with Crippen molar-refractivity contribution < 1.29 is 14.3 Å². The van der Waals surface area contributed by atoms with E-state index in [0.29, 0.717) is 25.1 Å². The van der Waals surface area contributed by atoms with Gasteiger partial charge in [-0.2, -0.15) is 0 Å². The maximum atomic E-state index is 11.9. The summed E-state index contributed by atoms with van der Waals surface area (Å²) in [5.74, 6) is -0.266. The van der Waals surface area contributed by atoms with Gasteiger partial charge in [0, 0.05) is 6.92 Å². The molecule has 1 aromatic carbocycles. The first-order valence-electron chi connectivity index (χ1n) is 5.87. The normalized spacial score (nSPS) is 11.7. The zero-order valence-corrected chi connectivity index (χ0v) is 10.4. The van der Waals surface area contributed by atoms with E-state index < -0.39 is 12.0 Å². The summed E-state index contributed by atoms with van der Waals surface area (Å²) in [7, 11) is 0. The Hall–Kier alpha value is -1.88. The van der Waals surface area contributed by atoms with Gasteiger partial charge >= 0.3 is 5.97 Å². The third-order valence-corrected chi connectivity index (χ3v) is 2.32. The van der Waals surface area contributed by atoms with Gasteiger partial charge < -0.3 is 15.8 Å². The molecular formula is C13H18N2O3. The molecule has 0 saturated carbocycles. The lowest BCUT2D eigenvalue weighted by Gasteiger charge is -2.16. The largest absolute Gasteiger partial charge is 0.425 e. The lowest BCUT2D eigenvalue weighted by Crippen LogP contribution is -2.42. The first-order valence-corrected chi connectivity index (χ1v) is 5.87. The molecule has 0 aliphatic heterocycles. The first kappa shape index (κ1) is 14.2. The number of benzene rings is 1. The van der Waals surface area contributed by atoms with Crippen molar-refractivity contribution in [3.8, 4) is 5.75 Å². The van der Waals surface area contributed by atoms with Crippen LogP contribution in [0.1, 0.15) is 19.8 Å². The molecule has 0 aromatic heterocycles. The molecule has 0 saturated heterocycles. The van der Waals surface area contributed by atoms with Crippen LogP contribution in [0.4, 0.5) is 0 Å². The lowest BCUT2D eigenvalue weighted by molar-refractivity contribution is -0.139. The van der Waals surface area contributed by atoms with E-state index in [9.17, 15) is 9.59 Å². The van der Waals surface area contributed by atoms with Gasteiger partial charge in [0.25, 0.3) is 0 Å². The van der Waals surface area contributed by atoms with Crippen LogP contribution in [0.5, 0.6) is 5.75 Å². The summed E-state index contributed by atoms with van der Waals surface area (Å²) in [6.45, 7) is 1.83. The molecule has 1 aromatic rings. The third kappa shape index (κ3) is 4.97. The van der Waals surface area contributed by atoms with Gasteiger partial charge in [-0.25, -0.2) is 4.79 Å². The van der Waals surface area contributed by atoms with Gasteiger partial charge in [0.2, 0.25) is 5.91 Å². The molecule has 1 amide bonds. The second kappa shape index (κ2) is 7.45. The van der Waals surface area contributed by atoms with Gasteiger partial charge in [-0.3, -0.25) is 4.79 Å². The van der Waals surface area contributed by atoms with Gasteiger partial charge in [-0.05, 0) is 31.5 Å². The van der Waals surface area contributed by atoms with E-state index in [1.54, 1.807) is 24.3 Å². The standard InChI is InChI=1S/C13H18N2O3/c1-10(16)15-12(8-5-9-14)13(17)18-11-6-3-2-4-7-11/h2-4,6-7,12H,5,8-9,14H2,1H3,(H,15,16)/t12-/m1/s1. The molecule has 0 fully saturated rings. The van der Waals surface area contributed by atoms with Gasteiger partial charge in [-0.15, -0.1) is 0 Å². The topological polar surface area (TPSA) is 81.4 Å². The Morgan fingerprint density at radius 2 is 2.00 bits per heavy atom. The van der Waals surface area contributed by atoms with Crippen LogP contribution in [0.3, 0.4) is 0 Å². The van der Waals surface area contributed by atoms with Crippen molar-refractivity contribution in [1.29, 1.82) is 0 Å². The molecule has 5 nitrogen and oxygen atoms in total. The average Bonchev–Trinajstić information content (AvgIpc) is 2.35. The predicted molar refractivity (Wildman–Crippen MR) is 68.0 cm³/mol. The number of amides is 1. The zero-order chi connectivity index (χ0) is 13.4. The van der Waals surface area contributed by atoms with E-state index in [1.807, 2.05) is 6.07 Å². The second-order valence-electron chi connectivity index (χ2n) is 3.92. The number of hydrogen-bond donors (Lipinski definition) is 2. The maximum Gasteiger partial charge on any atom is 0.334 e. The quantitative estimate of drug-likeness (QED) is 0.579. The minimum Gasteiger partial charge on any atom is -0.425 e. The van der Waals surface area contributed by atoms with E-state index in [1.165, 1.54) is 6.92 Å². The summed E-state index contributed by atoms with van der Waals surface area (Å²) in [6, 6.07) is 8.10. The highest BCUT2D eigenvalue weighted by atomic mass is 16.5. The molecule has 0 heterocycles. The molecule has 0 radical (unpaired) electrons. The number of rotatable bonds is 6. The summed E-state index contributed by atoms with van der Waals surface area (Å²) >= 11 is 0. The molecule has 98 valence electrons. The summed E-state index contributed by atoms with van der Waals surface area (Å²) in [5.41, 5.74) is 5.40.